The molecule has 250 valence electrons. The summed E-state index contributed by atoms with van der Waals surface area (Å²) in [7, 11) is 0. The van der Waals surface area contributed by atoms with E-state index >= 15 is 0 Å². The Morgan fingerprint density at radius 1 is 0.392 bits per heavy atom. The summed E-state index contributed by atoms with van der Waals surface area (Å²) in [5.74, 6) is 1.21. The SMILES string of the molecule is FC(F)(F)c1ccc(-c2ccc(-c3nc(-c4ccccc4)nc(-c4ccccc4)n3)cc2-n2c3ccccc3c3cc(C(F)(F)F)ccc32)cc1. The van der Waals surface area contributed by atoms with Gasteiger partial charge in [0.25, 0.3) is 0 Å². The predicted molar refractivity (Wildman–Crippen MR) is 186 cm³/mol. The fourth-order valence-electron chi connectivity index (χ4n) is 6.29. The summed E-state index contributed by atoms with van der Waals surface area (Å²) >= 11 is 0. The Kier molecular flexibility index (Phi) is 7.67. The van der Waals surface area contributed by atoms with Crippen molar-refractivity contribution in [1.29, 1.82) is 0 Å². The molecule has 0 spiro atoms. The number of fused-ring (bicyclic) bond motifs is 3. The summed E-state index contributed by atoms with van der Waals surface area (Å²) < 4.78 is 84.1. The van der Waals surface area contributed by atoms with E-state index in [0.29, 0.717) is 61.7 Å². The second-order valence-electron chi connectivity index (χ2n) is 11.9. The molecule has 0 aliphatic rings. The first-order chi connectivity index (χ1) is 24.5. The average molecular weight is 687 g/mol. The molecule has 0 radical (unpaired) electrons. The van der Waals surface area contributed by atoms with Crippen molar-refractivity contribution in [2.24, 2.45) is 0 Å². The lowest BCUT2D eigenvalue weighted by Crippen LogP contribution is -2.05. The lowest BCUT2D eigenvalue weighted by molar-refractivity contribution is -0.138. The Morgan fingerprint density at radius 3 is 1.47 bits per heavy atom. The Hall–Kier alpha value is -6.29. The Morgan fingerprint density at radius 2 is 0.882 bits per heavy atom. The van der Waals surface area contributed by atoms with Crippen molar-refractivity contribution in [1.82, 2.24) is 19.5 Å². The van der Waals surface area contributed by atoms with Crippen LogP contribution in [0.2, 0.25) is 0 Å². The van der Waals surface area contributed by atoms with Gasteiger partial charge in [0.05, 0.1) is 27.8 Å². The van der Waals surface area contributed by atoms with Gasteiger partial charge in [0.1, 0.15) is 0 Å². The molecule has 6 aromatic carbocycles. The lowest BCUT2D eigenvalue weighted by Gasteiger charge is -2.17. The number of nitrogens with zero attached hydrogens (tertiary/aromatic N) is 4. The normalized spacial score (nSPS) is 12.1. The average Bonchev–Trinajstić information content (AvgIpc) is 3.48. The molecule has 0 bridgehead atoms. The van der Waals surface area contributed by atoms with Gasteiger partial charge in [-0.15, -0.1) is 0 Å². The highest BCUT2D eigenvalue weighted by Gasteiger charge is 2.32. The molecule has 0 fully saturated rings. The summed E-state index contributed by atoms with van der Waals surface area (Å²) in [5.41, 5.74) is 3.16. The molecule has 0 N–H and O–H groups in total. The largest absolute Gasteiger partial charge is 0.416 e. The predicted octanol–water partition coefficient (Wildman–Crippen LogP) is 11.7. The monoisotopic (exact) mass is 686 g/mol. The molecule has 0 aliphatic heterocycles. The van der Waals surface area contributed by atoms with Crippen LogP contribution in [-0.2, 0) is 12.4 Å². The number of hydrogen-bond acceptors (Lipinski definition) is 3. The fourth-order valence-corrected chi connectivity index (χ4v) is 6.29. The highest BCUT2D eigenvalue weighted by molar-refractivity contribution is 6.10. The van der Waals surface area contributed by atoms with Gasteiger partial charge in [0.2, 0.25) is 0 Å². The van der Waals surface area contributed by atoms with Crippen LogP contribution in [0, 0.1) is 0 Å². The van der Waals surface area contributed by atoms with Crippen LogP contribution in [0.5, 0.6) is 0 Å². The molecule has 0 aliphatic carbocycles. The van der Waals surface area contributed by atoms with Crippen molar-refractivity contribution >= 4 is 21.8 Å². The Labute approximate surface area is 287 Å². The topological polar surface area (TPSA) is 43.6 Å². The van der Waals surface area contributed by atoms with Gasteiger partial charge in [-0.3, -0.25) is 0 Å². The van der Waals surface area contributed by atoms with E-state index in [-0.39, 0.29) is 0 Å². The lowest BCUT2D eigenvalue weighted by atomic mass is 9.99. The molecule has 8 aromatic rings. The summed E-state index contributed by atoms with van der Waals surface area (Å²) in [6.45, 7) is 0. The first kappa shape index (κ1) is 31.9. The second kappa shape index (κ2) is 12.2. The molecule has 0 amide bonds. The van der Waals surface area contributed by atoms with Gasteiger partial charge >= 0.3 is 12.4 Å². The van der Waals surface area contributed by atoms with E-state index < -0.39 is 23.5 Å². The summed E-state index contributed by atoms with van der Waals surface area (Å²) in [5, 5.41) is 0.961. The van der Waals surface area contributed by atoms with E-state index in [1.807, 2.05) is 71.3 Å². The number of alkyl halides is 6. The minimum absolute atomic E-state index is 0.336. The third kappa shape index (κ3) is 5.99. The van der Waals surface area contributed by atoms with Crippen LogP contribution >= 0.6 is 0 Å². The van der Waals surface area contributed by atoms with Gasteiger partial charge in [-0.1, -0.05) is 103 Å². The van der Waals surface area contributed by atoms with Crippen LogP contribution in [-0.4, -0.2) is 19.5 Å². The third-order valence-electron chi connectivity index (χ3n) is 8.72. The molecule has 10 heteroatoms. The maximum absolute atomic E-state index is 13.9. The van der Waals surface area contributed by atoms with Crippen molar-refractivity contribution in [3.8, 4) is 51.0 Å². The molecule has 4 nitrogen and oxygen atoms in total. The maximum Gasteiger partial charge on any atom is 0.416 e. The molecule has 0 saturated heterocycles. The molecular formula is C41H24F6N4. The van der Waals surface area contributed by atoms with Crippen LogP contribution < -0.4 is 0 Å². The van der Waals surface area contributed by atoms with E-state index in [0.717, 1.165) is 35.4 Å². The minimum Gasteiger partial charge on any atom is -0.309 e. The van der Waals surface area contributed by atoms with E-state index in [9.17, 15) is 26.3 Å². The summed E-state index contributed by atoms with van der Waals surface area (Å²) in [4.78, 5) is 14.5. The molecule has 0 saturated carbocycles. The molecule has 2 heterocycles. The number of aromatic nitrogens is 4. The number of halogens is 6. The molecule has 2 aromatic heterocycles. The van der Waals surface area contributed by atoms with Crippen LogP contribution in [0.4, 0.5) is 26.3 Å². The molecule has 0 atom stereocenters. The number of benzene rings is 6. The Balaban J connectivity index is 1.41. The van der Waals surface area contributed by atoms with Crippen LogP contribution in [0.1, 0.15) is 11.1 Å². The first-order valence-corrected chi connectivity index (χ1v) is 15.8. The van der Waals surface area contributed by atoms with Crippen LogP contribution in [0.3, 0.4) is 0 Å². The van der Waals surface area contributed by atoms with E-state index in [2.05, 4.69) is 0 Å². The number of para-hydroxylation sites is 1. The van der Waals surface area contributed by atoms with Gasteiger partial charge in [-0.2, -0.15) is 26.3 Å². The zero-order valence-electron chi connectivity index (χ0n) is 26.4. The van der Waals surface area contributed by atoms with Crippen molar-refractivity contribution in [3.63, 3.8) is 0 Å². The van der Waals surface area contributed by atoms with Crippen molar-refractivity contribution in [3.05, 3.63) is 157 Å². The minimum atomic E-state index is -4.56. The second-order valence-corrected chi connectivity index (χ2v) is 11.9. The van der Waals surface area contributed by atoms with Gasteiger partial charge in [0.15, 0.2) is 17.5 Å². The Bertz CT molecular complexity index is 2480. The first-order valence-electron chi connectivity index (χ1n) is 15.8. The quantitative estimate of drug-likeness (QED) is 0.169. The van der Waals surface area contributed by atoms with E-state index in [1.54, 1.807) is 36.4 Å². The molecular weight excluding hydrogens is 662 g/mol. The zero-order valence-corrected chi connectivity index (χ0v) is 26.4. The number of hydrogen-bond donors (Lipinski definition) is 0. The van der Waals surface area contributed by atoms with Gasteiger partial charge in [-0.25, -0.2) is 15.0 Å². The van der Waals surface area contributed by atoms with Crippen LogP contribution in [0.25, 0.3) is 72.8 Å². The zero-order chi connectivity index (χ0) is 35.3. The van der Waals surface area contributed by atoms with Crippen LogP contribution in [0.15, 0.2) is 146 Å². The molecule has 8 rings (SSSR count). The van der Waals surface area contributed by atoms with E-state index in [1.165, 1.54) is 18.2 Å². The van der Waals surface area contributed by atoms with Gasteiger partial charge in [0, 0.05) is 33.0 Å². The molecule has 0 unspecified atom stereocenters. The van der Waals surface area contributed by atoms with Crippen molar-refractivity contribution in [2.75, 3.05) is 0 Å². The van der Waals surface area contributed by atoms with Gasteiger partial charge in [-0.05, 0) is 48.0 Å². The van der Waals surface area contributed by atoms with Crippen molar-refractivity contribution < 1.29 is 26.3 Å². The standard InChI is InChI=1S/C41H24F6N4/c42-40(43,44)29-18-15-25(16-19-29)31-21-17-28(39-49-37(26-9-3-1-4-10-26)48-38(50-39)27-11-5-2-6-12-27)23-36(31)51-34-14-8-7-13-32(34)33-24-30(41(45,46)47)20-22-35(33)51/h1-24H. The highest BCUT2D eigenvalue weighted by Crippen LogP contribution is 2.41. The summed E-state index contributed by atoms with van der Waals surface area (Å²) in [6.07, 6.45) is -9.09. The fraction of sp³-hybridized carbons (Fsp3) is 0.0488. The highest BCUT2D eigenvalue weighted by atomic mass is 19.4. The van der Waals surface area contributed by atoms with E-state index in [4.69, 9.17) is 15.0 Å². The smallest absolute Gasteiger partial charge is 0.309 e. The van der Waals surface area contributed by atoms with Crippen molar-refractivity contribution in [2.45, 2.75) is 12.4 Å². The molecule has 51 heavy (non-hydrogen) atoms. The summed E-state index contributed by atoms with van der Waals surface area (Å²) in [6, 6.07) is 39.7. The maximum atomic E-state index is 13.9. The third-order valence-corrected chi connectivity index (χ3v) is 8.72. The number of rotatable bonds is 5. The van der Waals surface area contributed by atoms with Gasteiger partial charge < -0.3 is 4.57 Å².